The van der Waals surface area contributed by atoms with Crippen molar-refractivity contribution in [1.82, 2.24) is 40.2 Å². The molecule has 0 saturated heterocycles. The van der Waals surface area contributed by atoms with Gasteiger partial charge in [0.25, 0.3) is 5.91 Å². The first-order valence-electron chi connectivity index (χ1n) is 10.2. The maximum Gasteiger partial charge on any atom is 0.251 e. The van der Waals surface area contributed by atoms with Crippen molar-refractivity contribution in [3.63, 3.8) is 0 Å². The van der Waals surface area contributed by atoms with Gasteiger partial charge >= 0.3 is 0 Å². The highest BCUT2D eigenvalue weighted by atomic mass is 16.1. The third-order valence-corrected chi connectivity index (χ3v) is 4.96. The molecule has 0 aliphatic rings. The molecule has 0 radical (unpaired) electrons. The van der Waals surface area contributed by atoms with Gasteiger partial charge in [0.2, 0.25) is 5.95 Å². The van der Waals surface area contributed by atoms with Crippen LogP contribution in [0.25, 0.3) is 28.1 Å². The van der Waals surface area contributed by atoms with E-state index < -0.39 is 0 Å². The molecule has 33 heavy (non-hydrogen) atoms. The molecule has 0 aliphatic heterocycles. The fourth-order valence-corrected chi connectivity index (χ4v) is 3.39. The second-order valence-electron chi connectivity index (χ2n) is 7.23. The Kier molecular flexibility index (Phi) is 5.15. The van der Waals surface area contributed by atoms with Crippen LogP contribution in [0, 0.1) is 6.92 Å². The van der Waals surface area contributed by atoms with Crippen LogP contribution in [0.2, 0.25) is 0 Å². The Morgan fingerprint density at radius 1 is 1.00 bits per heavy atom. The van der Waals surface area contributed by atoms with Gasteiger partial charge in [-0.3, -0.25) is 4.79 Å². The quantitative estimate of drug-likeness (QED) is 0.430. The Bertz CT molecular complexity index is 1480. The second-order valence-corrected chi connectivity index (χ2v) is 7.23. The third kappa shape index (κ3) is 4.09. The van der Waals surface area contributed by atoms with Gasteiger partial charge in [0.15, 0.2) is 11.2 Å². The minimum atomic E-state index is -0.183. The van der Waals surface area contributed by atoms with Gasteiger partial charge < -0.3 is 10.6 Å². The lowest BCUT2D eigenvalue weighted by Gasteiger charge is -2.08. The topological polar surface area (TPSA) is 123 Å². The van der Waals surface area contributed by atoms with Crippen molar-refractivity contribution in [1.29, 1.82) is 0 Å². The predicted octanol–water partition coefficient (Wildman–Crippen LogP) is 3.08. The molecule has 162 valence electrons. The zero-order valence-electron chi connectivity index (χ0n) is 17.9. The van der Waals surface area contributed by atoms with Gasteiger partial charge in [-0.15, -0.1) is 5.10 Å². The van der Waals surface area contributed by atoms with Crippen molar-refractivity contribution >= 4 is 28.7 Å². The molecule has 3 aromatic heterocycles. The van der Waals surface area contributed by atoms with Gasteiger partial charge in [0, 0.05) is 30.1 Å². The van der Waals surface area contributed by atoms with Crippen molar-refractivity contribution in [2.45, 2.75) is 6.92 Å². The lowest BCUT2D eigenvalue weighted by Crippen LogP contribution is -2.18. The number of carbonyl (C=O) groups excluding carboxylic acids is 1. The summed E-state index contributed by atoms with van der Waals surface area (Å²) in [7, 11) is 1.59. The van der Waals surface area contributed by atoms with Gasteiger partial charge in [-0.1, -0.05) is 23.4 Å². The maximum atomic E-state index is 12.0. The van der Waals surface area contributed by atoms with Gasteiger partial charge in [-0.25, -0.2) is 15.0 Å². The number of aromatic nitrogens is 7. The van der Waals surface area contributed by atoms with Crippen LogP contribution in [0.1, 0.15) is 16.2 Å². The van der Waals surface area contributed by atoms with Crippen molar-refractivity contribution < 1.29 is 4.79 Å². The summed E-state index contributed by atoms with van der Waals surface area (Å²) < 4.78 is 1.58. The first-order chi connectivity index (χ1) is 16.1. The molecule has 1 amide bonds. The zero-order chi connectivity index (χ0) is 22.8. The lowest BCUT2D eigenvalue weighted by molar-refractivity contribution is 0.0963. The number of aryl methyl sites for hydroxylation is 1. The highest BCUT2D eigenvalue weighted by Gasteiger charge is 2.12. The molecule has 0 atom stereocenters. The maximum absolute atomic E-state index is 12.0. The molecule has 0 bridgehead atoms. The molecule has 2 N–H and O–H groups in total. The van der Waals surface area contributed by atoms with E-state index in [1.54, 1.807) is 42.3 Å². The molecule has 10 nitrogen and oxygen atoms in total. The van der Waals surface area contributed by atoms with Gasteiger partial charge in [0.1, 0.15) is 5.82 Å². The standard InChI is InChI=1S/C23H19N9O/c1-14-25-10-9-19(27-14)15-5-3-7-17(11-15)28-23-26-13-20-21(29-23)32(31-30-20)18-8-4-6-16(12-18)22(33)24-2/h3-13H,1-2H3,(H,24,33)(H,26,28,29). The van der Waals surface area contributed by atoms with Crippen LogP contribution in [0.15, 0.2) is 67.0 Å². The van der Waals surface area contributed by atoms with Crippen LogP contribution in [-0.2, 0) is 0 Å². The number of carbonyl (C=O) groups is 1. The highest BCUT2D eigenvalue weighted by molar-refractivity contribution is 5.94. The smallest absolute Gasteiger partial charge is 0.251 e. The number of amides is 1. The number of hydrogen-bond donors (Lipinski definition) is 2. The van der Waals surface area contributed by atoms with E-state index in [4.69, 9.17) is 0 Å². The molecule has 0 fully saturated rings. The van der Waals surface area contributed by atoms with E-state index >= 15 is 0 Å². The Morgan fingerprint density at radius 3 is 2.73 bits per heavy atom. The number of nitrogens with one attached hydrogen (secondary N) is 2. The first-order valence-corrected chi connectivity index (χ1v) is 10.2. The number of benzene rings is 2. The van der Waals surface area contributed by atoms with E-state index in [2.05, 4.69) is 40.9 Å². The van der Waals surface area contributed by atoms with Crippen LogP contribution < -0.4 is 10.6 Å². The van der Waals surface area contributed by atoms with Gasteiger partial charge in [-0.05, 0) is 43.3 Å². The summed E-state index contributed by atoms with van der Waals surface area (Å²) in [4.78, 5) is 29.6. The molecule has 0 spiro atoms. The summed E-state index contributed by atoms with van der Waals surface area (Å²) in [5.74, 6) is 0.919. The van der Waals surface area contributed by atoms with Crippen LogP contribution in [0.4, 0.5) is 11.6 Å². The number of fused-ring (bicyclic) bond motifs is 1. The molecule has 0 unspecified atom stereocenters. The Hall–Kier alpha value is -4.73. The van der Waals surface area contributed by atoms with Gasteiger partial charge in [-0.2, -0.15) is 9.67 Å². The largest absolute Gasteiger partial charge is 0.355 e. The summed E-state index contributed by atoms with van der Waals surface area (Å²) in [6.07, 6.45) is 3.34. The third-order valence-electron chi connectivity index (χ3n) is 4.96. The molecule has 5 rings (SSSR count). The number of rotatable bonds is 5. The molecule has 0 aliphatic carbocycles. The SMILES string of the molecule is CNC(=O)c1cccc(-n2nnc3cnc(Nc4cccc(-c5ccnc(C)n5)c4)nc32)c1. The summed E-state index contributed by atoms with van der Waals surface area (Å²) in [5.41, 5.74) is 4.83. The Labute approximate surface area is 188 Å². The molecule has 3 heterocycles. The molecule has 0 saturated carbocycles. The average molecular weight is 437 g/mol. The monoisotopic (exact) mass is 437 g/mol. The highest BCUT2D eigenvalue weighted by Crippen LogP contribution is 2.23. The van der Waals surface area contributed by atoms with Crippen molar-refractivity contribution in [3.05, 3.63) is 78.4 Å². The van der Waals surface area contributed by atoms with E-state index in [9.17, 15) is 4.79 Å². The fraction of sp³-hybridized carbons (Fsp3) is 0.0870. The number of anilines is 2. The first kappa shape index (κ1) is 20.2. The van der Waals surface area contributed by atoms with E-state index in [0.717, 1.165) is 16.9 Å². The summed E-state index contributed by atoms with van der Waals surface area (Å²) in [6.45, 7) is 1.86. The summed E-state index contributed by atoms with van der Waals surface area (Å²) in [6, 6.07) is 16.8. The van der Waals surface area contributed by atoms with Crippen LogP contribution in [0.5, 0.6) is 0 Å². The minimum absolute atomic E-state index is 0.183. The second kappa shape index (κ2) is 8.42. The lowest BCUT2D eigenvalue weighted by atomic mass is 10.1. The summed E-state index contributed by atoms with van der Waals surface area (Å²) >= 11 is 0. The van der Waals surface area contributed by atoms with E-state index in [1.165, 1.54) is 0 Å². The van der Waals surface area contributed by atoms with Crippen LogP contribution in [0.3, 0.4) is 0 Å². The Morgan fingerprint density at radius 2 is 1.88 bits per heavy atom. The van der Waals surface area contributed by atoms with Gasteiger partial charge in [0.05, 0.1) is 17.6 Å². The number of hydrogen-bond acceptors (Lipinski definition) is 8. The minimum Gasteiger partial charge on any atom is -0.355 e. The molecular weight excluding hydrogens is 418 g/mol. The van der Waals surface area contributed by atoms with Crippen molar-refractivity contribution in [2.24, 2.45) is 0 Å². The van der Waals surface area contributed by atoms with E-state index in [0.29, 0.717) is 34.2 Å². The van der Waals surface area contributed by atoms with E-state index in [-0.39, 0.29) is 5.91 Å². The average Bonchev–Trinajstić information content (AvgIpc) is 3.27. The van der Waals surface area contributed by atoms with Crippen molar-refractivity contribution in [2.75, 3.05) is 12.4 Å². The normalized spacial score (nSPS) is 10.8. The van der Waals surface area contributed by atoms with Crippen molar-refractivity contribution in [3.8, 4) is 16.9 Å². The van der Waals surface area contributed by atoms with Crippen LogP contribution >= 0.6 is 0 Å². The molecule has 5 aromatic rings. The Balaban J connectivity index is 1.48. The number of nitrogens with zero attached hydrogens (tertiary/aromatic N) is 7. The zero-order valence-corrected chi connectivity index (χ0v) is 17.9. The van der Waals surface area contributed by atoms with Crippen LogP contribution in [-0.4, -0.2) is 47.9 Å². The fourth-order valence-electron chi connectivity index (χ4n) is 3.39. The van der Waals surface area contributed by atoms with E-state index in [1.807, 2.05) is 43.3 Å². The summed E-state index contributed by atoms with van der Waals surface area (Å²) in [5, 5.41) is 14.2. The molecule has 10 heteroatoms. The predicted molar refractivity (Wildman–Crippen MR) is 123 cm³/mol. The molecule has 2 aromatic carbocycles. The molecular formula is C23H19N9O.